The van der Waals surface area contributed by atoms with E-state index < -0.39 is 17.0 Å². The first-order valence-electron chi connectivity index (χ1n) is 9.16. The highest BCUT2D eigenvalue weighted by Gasteiger charge is 2.34. The molecule has 0 aliphatic carbocycles. The number of rotatable bonds is 5. The van der Waals surface area contributed by atoms with Crippen molar-refractivity contribution in [1.29, 1.82) is 0 Å². The van der Waals surface area contributed by atoms with Crippen molar-refractivity contribution < 1.29 is 18.8 Å². The molecule has 2 heterocycles. The Morgan fingerprint density at radius 2 is 1.90 bits per heavy atom. The van der Waals surface area contributed by atoms with Gasteiger partial charge in [0.1, 0.15) is 5.82 Å². The minimum Gasteiger partial charge on any atom is -0.350 e. The number of amides is 3. The number of hydrogen-bond acceptors (Lipinski definition) is 5. The van der Waals surface area contributed by atoms with Gasteiger partial charge in [-0.3, -0.25) is 24.3 Å². The van der Waals surface area contributed by atoms with Gasteiger partial charge in [0.15, 0.2) is 0 Å². The SMILES string of the molecule is O=C(NCCN1C(=O)S/C(=C\c2ccccc2F)C1=O)c1cccc2cccnc12. The molecular formula is C22H16FN3O3S. The van der Waals surface area contributed by atoms with Gasteiger partial charge in [-0.2, -0.15) is 0 Å². The van der Waals surface area contributed by atoms with E-state index in [9.17, 15) is 18.8 Å². The molecule has 1 aromatic heterocycles. The summed E-state index contributed by atoms with van der Waals surface area (Å²) in [5.41, 5.74) is 1.23. The Kier molecular flexibility index (Phi) is 5.58. The van der Waals surface area contributed by atoms with Gasteiger partial charge < -0.3 is 5.32 Å². The average Bonchev–Trinajstić information content (AvgIpc) is 3.02. The van der Waals surface area contributed by atoms with Crippen molar-refractivity contribution >= 4 is 45.8 Å². The number of carbonyl (C=O) groups excluding carboxylic acids is 3. The number of pyridine rings is 1. The van der Waals surface area contributed by atoms with Crippen LogP contribution in [0.5, 0.6) is 0 Å². The van der Waals surface area contributed by atoms with E-state index in [1.165, 1.54) is 18.2 Å². The number of benzene rings is 2. The largest absolute Gasteiger partial charge is 0.350 e. The third-order valence-corrected chi connectivity index (χ3v) is 5.47. The average molecular weight is 421 g/mol. The zero-order chi connectivity index (χ0) is 21.1. The minimum atomic E-state index is -0.505. The topological polar surface area (TPSA) is 79.4 Å². The smallest absolute Gasteiger partial charge is 0.293 e. The lowest BCUT2D eigenvalue weighted by molar-refractivity contribution is -0.122. The lowest BCUT2D eigenvalue weighted by atomic mass is 10.1. The standard InChI is InChI=1S/C22H16FN3O3S/c23-17-9-2-1-5-15(17)13-18-21(28)26(22(29)30-18)12-11-25-20(27)16-8-3-6-14-7-4-10-24-19(14)16/h1-10,13H,11-12H2,(H,25,27)/b18-13-. The van der Waals surface area contributed by atoms with Gasteiger partial charge >= 0.3 is 0 Å². The van der Waals surface area contributed by atoms with Crippen LogP contribution >= 0.6 is 11.8 Å². The molecule has 6 nitrogen and oxygen atoms in total. The van der Waals surface area contributed by atoms with Crippen LogP contribution in [0.2, 0.25) is 0 Å². The molecule has 30 heavy (non-hydrogen) atoms. The molecule has 1 aliphatic rings. The summed E-state index contributed by atoms with van der Waals surface area (Å²) in [7, 11) is 0. The predicted octanol–water partition coefficient (Wildman–Crippen LogP) is 3.84. The number of carbonyl (C=O) groups is 3. The Bertz CT molecular complexity index is 1190. The summed E-state index contributed by atoms with van der Waals surface area (Å²) in [6.45, 7) is 0.107. The summed E-state index contributed by atoms with van der Waals surface area (Å²) < 4.78 is 13.8. The van der Waals surface area contributed by atoms with E-state index >= 15 is 0 Å². The maximum Gasteiger partial charge on any atom is 0.293 e. The van der Waals surface area contributed by atoms with Crippen molar-refractivity contribution in [2.75, 3.05) is 13.1 Å². The Labute approximate surface area is 175 Å². The highest BCUT2D eigenvalue weighted by molar-refractivity contribution is 8.18. The molecule has 8 heteroatoms. The summed E-state index contributed by atoms with van der Waals surface area (Å²) in [4.78, 5) is 42.7. The molecule has 2 aromatic carbocycles. The number of hydrogen-bond donors (Lipinski definition) is 1. The molecule has 0 unspecified atom stereocenters. The van der Waals surface area contributed by atoms with Crippen LogP contribution in [0.15, 0.2) is 65.7 Å². The molecule has 1 saturated heterocycles. The fourth-order valence-electron chi connectivity index (χ4n) is 3.09. The van der Waals surface area contributed by atoms with Crippen molar-refractivity contribution in [1.82, 2.24) is 15.2 Å². The minimum absolute atomic E-state index is 0.0171. The van der Waals surface area contributed by atoms with Crippen LogP contribution in [0.3, 0.4) is 0 Å². The summed E-state index contributed by atoms with van der Waals surface area (Å²) in [5.74, 6) is -1.32. The molecule has 3 amide bonds. The summed E-state index contributed by atoms with van der Waals surface area (Å²) >= 11 is 0.752. The second-order valence-electron chi connectivity index (χ2n) is 6.49. The van der Waals surface area contributed by atoms with Crippen LogP contribution in [-0.4, -0.2) is 40.0 Å². The Morgan fingerprint density at radius 1 is 1.10 bits per heavy atom. The fourth-order valence-corrected chi connectivity index (χ4v) is 3.95. The first-order chi connectivity index (χ1) is 14.5. The van der Waals surface area contributed by atoms with E-state index in [0.29, 0.717) is 11.1 Å². The maximum absolute atomic E-state index is 13.8. The van der Waals surface area contributed by atoms with Crippen LogP contribution in [0, 0.1) is 5.82 Å². The Balaban J connectivity index is 1.41. The third-order valence-electron chi connectivity index (χ3n) is 4.56. The molecule has 1 N–H and O–H groups in total. The molecule has 150 valence electrons. The van der Waals surface area contributed by atoms with Gasteiger partial charge in [0.2, 0.25) is 0 Å². The fraction of sp³-hybridized carbons (Fsp3) is 0.0909. The number of para-hydroxylation sites is 1. The van der Waals surface area contributed by atoms with E-state index in [1.54, 1.807) is 36.5 Å². The molecule has 0 atom stereocenters. The van der Waals surface area contributed by atoms with Gasteiger partial charge in [0, 0.05) is 30.2 Å². The number of halogens is 1. The normalized spacial score (nSPS) is 15.2. The molecular weight excluding hydrogens is 405 g/mol. The van der Waals surface area contributed by atoms with Gasteiger partial charge in [-0.25, -0.2) is 4.39 Å². The van der Waals surface area contributed by atoms with Gasteiger partial charge in [-0.15, -0.1) is 0 Å². The third kappa shape index (κ3) is 3.95. The van der Waals surface area contributed by atoms with E-state index in [-0.39, 0.29) is 29.5 Å². The predicted molar refractivity (Wildman–Crippen MR) is 113 cm³/mol. The van der Waals surface area contributed by atoms with Gasteiger partial charge in [0.05, 0.1) is 16.0 Å². The van der Waals surface area contributed by atoms with Gasteiger partial charge in [-0.05, 0) is 36.0 Å². The van der Waals surface area contributed by atoms with E-state index in [1.807, 2.05) is 12.1 Å². The van der Waals surface area contributed by atoms with Crippen molar-refractivity contribution in [2.24, 2.45) is 0 Å². The quantitative estimate of drug-likeness (QED) is 0.634. The van der Waals surface area contributed by atoms with Crippen LogP contribution in [0.1, 0.15) is 15.9 Å². The van der Waals surface area contributed by atoms with Gasteiger partial charge in [-0.1, -0.05) is 36.4 Å². The summed E-state index contributed by atoms with van der Waals surface area (Å²) in [6.07, 6.45) is 2.97. The molecule has 1 fully saturated rings. The van der Waals surface area contributed by atoms with E-state index in [2.05, 4.69) is 10.3 Å². The first-order valence-corrected chi connectivity index (χ1v) is 9.98. The Morgan fingerprint density at radius 3 is 2.73 bits per heavy atom. The zero-order valence-corrected chi connectivity index (χ0v) is 16.5. The number of nitrogens with one attached hydrogen (secondary N) is 1. The molecule has 1 aliphatic heterocycles. The molecule has 0 saturated carbocycles. The maximum atomic E-state index is 13.8. The van der Waals surface area contributed by atoms with Crippen LogP contribution in [-0.2, 0) is 4.79 Å². The molecule has 4 rings (SSSR count). The number of fused-ring (bicyclic) bond motifs is 1. The second kappa shape index (κ2) is 8.46. The molecule has 0 radical (unpaired) electrons. The van der Waals surface area contributed by atoms with Crippen LogP contribution < -0.4 is 5.32 Å². The lowest BCUT2D eigenvalue weighted by Gasteiger charge is -2.13. The van der Waals surface area contributed by atoms with E-state index in [0.717, 1.165) is 22.0 Å². The van der Waals surface area contributed by atoms with Crippen LogP contribution in [0.4, 0.5) is 9.18 Å². The van der Waals surface area contributed by atoms with Crippen molar-refractivity contribution in [2.45, 2.75) is 0 Å². The van der Waals surface area contributed by atoms with E-state index in [4.69, 9.17) is 0 Å². The molecule has 3 aromatic rings. The van der Waals surface area contributed by atoms with Gasteiger partial charge in [0.25, 0.3) is 17.1 Å². The second-order valence-corrected chi connectivity index (χ2v) is 7.48. The highest BCUT2D eigenvalue weighted by Crippen LogP contribution is 2.32. The van der Waals surface area contributed by atoms with Crippen molar-refractivity contribution in [3.05, 3.63) is 82.6 Å². The monoisotopic (exact) mass is 421 g/mol. The van der Waals surface area contributed by atoms with Crippen molar-refractivity contribution in [3.63, 3.8) is 0 Å². The number of imide groups is 1. The lowest BCUT2D eigenvalue weighted by Crippen LogP contribution is -2.37. The zero-order valence-electron chi connectivity index (χ0n) is 15.7. The number of aromatic nitrogens is 1. The molecule has 0 spiro atoms. The summed E-state index contributed by atoms with van der Waals surface area (Å²) in [6, 6.07) is 15.0. The highest BCUT2D eigenvalue weighted by atomic mass is 32.2. The molecule has 0 bridgehead atoms. The number of thioether (sulfide) groups is 1. The number of nitrogens with zero attached hydrogens (tertiary/aromatic N) is 2. The summed E-state index contributed by atoms with van der Waals surface area (Å²) in [5, 5.41) is 3.11. The van der Waals surface area contributed by atoms with Crippen LogP contribution in [0.25, 0.3) is 17.0 Å². The first kappa shape index (κ1) is 19.8. The van der Waals surface area contributed by atoms with Crippen molar-refractivity contribution in [3.8, 4) is 0 Å². The Hall–Kier alpha value is -3.52.